The fraction of sp³-hybridized carbons (Fsp3) is 0.118. The van der Waals surface area contributed by atoms with Gasteiger partial charge in [-0.3, -0.25) is 9.89 Å². The van der Waals surface area contributed by atoms with Gasteiger partial charge >= 0.3 is 0 Å². The van der Waals surface area contributed by atoms with Crippen LogP contribution in [0.4, 0.5) is 0 Å². The Balaban J connectivity index is 1.53. The number of hydrogen-bond donors (Lipinski definition) is 2. The number of carbonyl (C=O) groups excluding carboxylic acids is 1. The van der Waals surface area contributed by atoms with Gasteiger partial charge in [-0.05, 0) is 17.7 Å². The molecule has 3 rings (SSSR count). The summed E-state index contributed by atoms with van der Waals surface area (Å²) >= 11 is 10.8. The van der Waals surface area contributed by atoms with Gasteiger partial charge in [0.1, 0.15) is 0 Å². The second kappa shape index (κ2) is 8.51. The minimum Gasteiger partial charge on any atom is -0.351 e. The van der Waals surface area contributed by atoms with Crippen molar-refractivity contribution in [2.75, 3.05) is 5.75 Å². The number of hydrogen-bond acceptors (Lipinski definition) is 4. The smallest absolute Gasteiger partial charge is 0.230 e. The van der Waals surface area contributed by atoms with Crippen LogP contribution in [-0.2, 0) is 11.3 Å². The third-order valence-electron chi connectivity index (χ3n) is 3.36. The Hall–Kier alpha value is -1.83. The standard InChI is InChI=1S/C17H14BrClN4OS/c18-13-7-3-2-6-12(13)16-21-17(23-22-16)25-10-15(24)20-9-11-5-1-4-8-14(11)19/h1-8H,9-10H2,(H,20,24)(H,21,22,23). The Morgan fingerprint density at radius 3 is 2.76 bits per heavy atom. The number of rotatable bonds is 6. The van der Waals surface area contributed by atoms with Crippen LogP contribution in [0.2, 0.25) is 5.02 Å². The fourth-order valence-electron chi connectivity index (χ4n) is 2.10. The van der Waals surface area contributed by atoms with E-state index in [0.717, 1.165) is 15.6 Å². The third kappa shape index (κ3) is 4.84. The molecule has 25 heavy (non-hydrogen) atoms. The molecule has 0 aliphatic rings. The van der Waals surface area contributed by atoms with Crippen molar-refractivity contribution in [1.29, 1.82) is 0 Å². The zero-order chi connectivity index (χ0) is 17.6. The van der Waals surface area contributed by atoms with Gasteiger partial charge in [0.25, 0.3) is 0 Å². The highest BCUT2D eigenvalue weighted by Crippen LogP contribution is 2.26. The molecule has 1 aromatic heterocycles. The van der Waals surface area contributed by atoms with Gasteiger partial charge in [-0.25, -0.2) is 4.98 Å². The monoisotopic (exact) mass is 436 g/mol. The van der Waals surface area contributed by atoms with Crippen LogP contribution in [0.1, 0.15) is 5.56 Å². The Bertz CT molecular complexity index is 886. The molecule has 0 unspecified atom stereocenters. The van der Waals surface area contributed by atoms with Gasteiger partial charge in [0.15, 0.2) is 5.82 Å². The molecule has 0 aliphatic carbocycles. The molecule has 1 amide bonds. The highest BCUT2D eigenvalue weighted by Gasteiger charge is 2.11. The van der Waals surface area contributed by atoms with Crippen LogP contribution in [0, 0.1) is 0 Å². The Labute approximate surface area is 162 Å². The Kier molecular flexibility index (Phi) is 6.12. The summed E-state index contributed by atoms with van der Waals surface area (Å²) in [5.74, 6) is 0.793. The molecule has 5 nitrogen and oxygen atoms in total. The second-order valence-electron chi connectivity index (χ2n) is 5.10. The van der Waals surface area contributed by atoms with Crippen molar-refractivity contribution in [3.8, 4) is 11.4 Å². The molecule has 0 aliphatic heterocycles. The van der Waals surface area contributed by atoms with E-state index < -0.39 is 0 Å². The first-order chi connectivity index (χ1) is 12.1. The average Bonchev–Trinajstić information content (AvgIpc) is 3.08. The number of thioether (sulfide) groups is 1. The number of halogens is 2. The van der Waals surface area contributed by atoms with Crippen LogP contribution in [0.5, 0.6) is 0 Å². The summed E-state index contributed by atoms with van der Waals surface area (Å²) in [5, 5.41) is 11.0. The van der Waals surface area contributed by atoms with E-state index in [1.807, 2.05) is 42.5 Å². The Morgan fingerprint density at radius 2 is 1.96 bits per heavy atom. The minimum absolute atomic E-state index is 0.0999. The number of amides is 1. The maximum atomic E-state index is 12.0. The van der Waals surface area contributed by atoms with E-state index in [1.165, 1.54) is 11.8 Å². The van der Waals surface area contributed by atoms with E-state index in [4.69, 9.17) is 11.6 Å². The topological polar surface area (TPSA) is 70.7 Å². The van der Waals surface area contributed by atoms with Crippen molar-refractivity contribution in [3.05, 3.63) is 63.6 Å². The maximum absolute atomic E-state index is 12.0. The lowest BCUT2D eigenvalue weighted by Gasteiger charge is -2.05. The zero-order valence-electron chi connectivity index (χ0n) is 13.0. The predicted octanol–water partition coefficient (Wildman–Crippen LogP) is 4.30. The molecule has 0 radical (unpaired) electrons. The number of H-pyrrole nitrogens is 1. The Morgan fingerprint density at radius 1 is 1.20 bits per heavy atom. The van der Waals surface area contributed by atoms with Gasteiger partial charge < -0.3 is 5.32 Å². The zero-order valence-corrected chi connectivity index (χ0v) is 16.2. The summed E-state index contributed by atoms with van der Waals surface area (Å²) in [7, 11) is 0. The second-order valence-corrected chi connectivity index (χ2v) is 7.31. The summed E-state index contributed by atoms with van der Waals surface area (Å²) in [5.41, 5.74) is 1.81. The van der Waals surface area contributed by atoms with Crippen molar-refractivity contribution in [1.82, 2.24) is 20.5 Å². The van der Waals surface area contributed by atoms with Gasteiger partial charge in [-0.1, -0.05) is 75.7 Å². The largest absolute Gasteiger partial charge is 0.351 e. The van der Waals surface area contributed by atoms with Crippen LogP contribution in [-0.4, -0.2) is 26.8 Å². The summed E-state index contributed by atoms with van der Waals surface area (Å²) in [6.45, 7) is 0.398. The number of nitrogens with one attached hydrogen (secondary N) is 2. The van der Waals surface area contributed by atoms with Gasteiger partial charge in [0.2, 0.25) is 11.1 Å². The molecule has 128 valence electrons. The van der Waals surface area contributed by atoms with Crippen LogP contribution in [0.15, 0.2) is 58.2 Å². The molecule has 0 saturated heterocycles. The van der Waals surface area contributed by atoms with E-state index in [9.17, 15) is 4.79 Å². The third-order valence-corrected chi connectivity index (χ3v) is 5.27. The minimum atomic E-state index is -0.0999. The molecule has 0 spiro atoms. The molecular weight excluding hydrogens is 424 g/mol. The fourth-order valence-corrected chi connectivity index (χ4v) is 3.40. The number of carbonyl (C=O) groups is 1. The molecule has 0 bridgehead atoms. The molecule has 3 aromatic rings. The molecule has 1 heterocycles. The van der Waals surface area contributed by atoms with E-state index in [2.05, 4.69) is 36.4 Å². The van der Waals surface area contributed by atoms with E-state index in [0.29, 0.717) is 22.5 Å². The van der Waals surface area contributed by atoms with Crippen LogP contribution in [0.25, 0.3) is 11.4 Å². The lowest BCUT2D eigenvalue weighted by molar-refractivity contribution is -0.118. The highest BCUT2D eigenvalue weighted by molar-refractivity contribution is 9.10. The molecular formula is C17H14BrClN4OS. The van der Waals surface area contributed by atoms with Crippen molar-refractivity contribution < 1.29 is 4.79 Å². The molecule has 8 heteroatoms. The summed E-state index contributed by atoms with van der Waals surface area (Å²) in [6, 6.07) is 15.2. The van der Waals surface area contributed by atoms with Gasteiger partial charge in [0.05, 0.1) is 5.75 Å². The average molecular weight is 438 g/mol. The first-order valence-corrected chi connectivity index (χ1v) is 9.59. The van der Waals surface area contributed by atoms with E-state index in [-0.39, 0.29) is 11.7 Å². The van der Waals surface area contributed by atoms with Crippen LogP contribution < -0.4 is 5.32 Å². The highest BCUT2D eigenvalue weighted by atomic mass is 79.9. The number of aromatic amines is 1. The van der Waals surface area contributed by atoms with Crippen molar-refractivity contribution in [2.24, 2.45) is 0 Å². The number of nitrogens with zero attached hydrogens (tertiary/aromatic N) is 2. The summed E-state index contributed by atoms with van der Waals surface area (Å²) in [4.78, 5) is 16.4. The molecule has 0 atom stereocenters. The van der Waals surface area contributed by atoms with Gasteiger partial charge in [-0.15, -0.1) is 5.10 Å². The van der Waals surface area contributed by atoms with Crippen molar-refractivity contribution in [2.45, 2.75) is 11.7 Å². The predicted molar refractivity (Wildman–Crippen MR) is 104 cm³/mol. The van der Waals surface area contributed by atoms with Gasteiger partial charge in [-0.2, -0.15) is 0 Å². The van der Waals surface area contributed by atoms with Crippen LogP contribution in [0.3, 0.4) is 0 Å². The van der Waals surface area contributed by atoms with Crippen molar-refractivity contribution in [3.63, 3.8) is 0 Å². The molecule has 2 N–H and O–H groups in total. The molecule has 0 saturated carbocycles. The first-order valence-electron chi connectivity index (χ1n) is 7.43. The quantitative estimate of drug-likeness (QED) is 0.564. The first kappa shape index (κ1) is 18.0. The summed E-state index contributed by atoms with van der Waals surface area (Å²) in [6.07, 6.45) is 0. The lowest BCUT2D eigenvalue weighted by Crippen LogP contribution is -2.24. The lowest BCUT2D eigenvalue weighted by atomic mass is 10.2. The SMILES string of the molecule is O=C(CSc1n[nH]c(-c2ccccc2Br)n1)NCc1ccccc1Cl. The van der Waals surface area contributed by atoms with Crippen molar-refractivity contribution >= 4 is 45.2 Å². The maximum Gasteiger partial charge on any atom is 0.230 e. The van der Waals surface area contributed by atoms with Crippen LogP contribution >= 0.6 is 39.3 Å². The normalized spacial score (nSPS) is 10.6. The van der Waals surface area contributed by atoms with Gasteiger partial charge in [0, 0.05) is 21.6 Å². The number of aromatic nitrogens is 3. The summed E-state index contributed by atoms with van der Waals surface area (Å²) < 4.78 is 0.931. The van der Waals surface area contributed by atoms with E-state index in [1.54, 1.807) is 6.07 Å². The molecule has 0 fully saturated rings. The number of benzene rings is 2. The molecule has 2 aromatic carbocycles. The van der Waals surface area contributed by atoms with E-state index >= 15 is 0 Å².